The van der Waals surface area contributed by atoms with Crippen LogP contribution >= 0.6 is 22.9 Å². The Bertz CT molecular complexity index is 1160. The van der Waals surface area contributed by atoms with Gasteiger partial charge in [-0.2, -0.15) is 0 Å². The molecule has 1 saturated heterocycles. The molecule has 3 heterocycles. The lowest BCUT2D eigenvalue weighted by Gasteiger charge is -2.37. The Balaban J connectivity index is 1.48. The number of carbonyl (C=O) groups excluding carboxylic acids is 2. The van der Waals surface area contributed by atoms with Crippen LogP contribution in [-0.4, -0.2) is 65.8 Å². The van der Waals surface area contributed by atoms with E-state index in [1.807, 2.05) is 19.1 Å². The number of nitrogens with one attached hydrogen (secondary N) is 2. The highest BCUT2D eigenvalue weighted by Crippen LogP contribution is 2.33. The maximum absolute atomic E-state index is 12.7. The van der Waals surface area contributed by atoms with Gasteiger partial charge in [0.2, 0.25) is 0 Å². The molecule has 2 atom stereocenters. The highest BCUT2D eigenvalue weighted by atomic mass is 35.5. The molecule has 3 aromatic rings. The van der Waals surface area contributed by atoms with Gasteiger partial charge in [-0.25, -0.2) is 14.8 Å². The van der Waals surface area contributed by atoms with Crippen molar-refractivity contribution in [3.63, 3.8) is 0 Å². The maximum atomic E-state index is 12.7. The lowest BCUT2D eigenvalue weighted by molar-refractivity contribution is 0.0528. The standard InChI is InChI=1S/C22H26ClN5O4S/c1-4-13-18(23)27-19(24-13)20(29)25-14-9-10-28(11-16(14)31-3)22-26-15-8-6-7-12(17(15)33-22)21(30)32-5-2/h6-8,14,16H,4-5,9-11H2,1-3H3,(H,24,27)(H,25,29). The van der Waals surface area contributed by atoms with Gasteiger partial charge < -0.3 is 24.7 Å². The predicted molar refractivity (Wildman–Crippen MR) is 127 cm³/mol. The van der Waals surface area contributed by atoms with Crippen LogP contribution in [0.15, 0.2) is 18.2 Å². The number of thiazole rings is 1. The number of imidazole rings is 1. The Morgan fingerprint density at radius 1 is 1.33 bits per heavy atom. The van der Waals surface area contributed by atoms with Crippen molar-refractivity contribution in [1.29, 1.82) is 0 Å². The fraction of sp³-hybridized carbons (Fsp3) is 0.455. The zero-order valence-electron chi connectivity index (χ0n) is 18.7. The summed E-state index contributed by atoms with van der Waals surface area (Å²) in [4.78, 5) is 38.9. The minimum absolute atomic E-state index is 0.183. The predicted octanol–water partition coefficient (Wildman–Crippen LogP) is 3.44. The van der Waals surface area contributed by atoms with E-state index in [-0.39, 0.29) is 29.8 Å². The second-order valence-electron chi connectivity index (χ2n) is 7.67. The summed E-state index contributed by atoms with van der Waals surface area (Å²) < 4.78 is 11.7. The zero-order valence-corrected chi connectivity index (χ0v) is 20.3. The van der Waals surface area contributed by atoms with Gasteiger partial charge >= 0.3 is 5.97 Å². The Morgan fingerprint density at radius 2 is 2.15 bits per heavy atom. The smallest absolute Gasteiger partial charge is 0.339 e. The van der Waals surface area contributed by atoms with E-state index < -0.39 is 0 Å². The largest absolute Gasteiger partial charge is 0.462 e. The second-order valence-corrected chi connectivity index (χ2v) is 9.00. The highest BCUT2D eigenvalue weighted by Gasteiger charge is 2.33. The third kappa shape index (κ3) is 4.83. The molecule has 2 aromatic heterocycles. The van der Waals surface area contributed by atoms with Gasteiger partial charge in [-0.3, -0.25) is 4.79 Å². The summed E-state index contributed by atoms with van der Waals surface area (Å²) in [6, 6.07) is 5.27. The minimum atomic E-state index is -0.348. The molecule has 1 amide bonds. The van der Waals surface area contributed by atoms with E-state index in [9.17, 15) is 9.59 Å². The average Bonchev–Trinajstić information content (AvgIpc) is 3.42. The van der Waals surface area contributed by atoms with Crippen LogP contribution in [0.25, 0.3) is 10.2 Å². The molecule has 11 heteroatoms. The normalized spacial score (nSPS) is 18.5. The molecule has 0 radical (unpaired) electrons. The van der Waals surface area contributed by atoms with Gasteiger partial charge in [0.25, 0.3) is 5.91 Å². The Morgan fingerprint density at radius 3 is 2.85 bits per heavy atom. The summed E-state index contributed by atoms with van der Waals surface area (Å²) in [7, 11) is 1.63. The van der Waals surface area contributed by atoms with E-state index in [1.165, 1.54) is 11.3 Å². The van der Waals surface area contributed by atoms with Crippen molar-refractivity contribution in [1.82, 2.24) is 20.3 Å². The van der Waals surface area contributed by atoms with Crippen molar-refractivity contribution in [3.8, 4) is 0 Å². The number of hydrogen-bond donors (Lipinski definition) is 2. The van der Waals surface area contributed by atoms with Gasteiger partial charge in [-0.15, -0.1) is 0 Å². The number of anilines is 1. The number of aromatic amines is 1. The van der Waals surface area contributed by atoms with Crippen LogP contribution in [0, 0.1) is 0 Å². The number of benzene rings is 1. The van der Waals surface area contributed by atoms with Crippen molar-refractivity contribution < 1.29 is 19.1 Å². The number of nitrogens with zero attached hydrogens (tertiary/aromatic N) is 3. The van der Waals surface area contributed by atoms with Crippen molar-refractivity contribution in [3.05, 3.63) is 40.4 Å². The summed E-state index contributed by atoms with van der Waals surface area (Å²) >= 11 is 7.53. The van der Waals surface area contributed by atoms with Gasteiger partial charge in [-0.1, -0.05) is 35.9 Å². The lowest BCUT2D eigenvalue weighted by atomic mass is 10.0. The van der Waals surface area contributed by atoms with Crippen molar-refractivity contribution in [2.24, 2.45) is 0 Å². The molecular formula is C22H26ClN5O4S. The molecule has 0 aliphatic carbocycles. The SMILES string of the molecule is CCOC(=O)c1cccc2nc(N3CCC(NC(=O)c4nc(Cl)c(CC)[nH]4)C(OC)C3)sc12. The first kappa shape index (κ1) is 23.5. The van der Waals surface area contributed by atoms with Crippen molar-refractivity contribution in [2.45, 2.75) is 38.8 Å². The zero-order chi connectivity index (χ0) is 23.5. The molecule has 4 rings (SSSR count). The van der Waals surface area contributed by atoms with E-state index >= 15 is 0 Å². The summed E-state index contributed by atoms with van der Waals surface area (Å²) in [5.74, 6) is -0.457. The van der Waals surface area contributed by atoms with E-state index in [1.54, 1.807) is 20.1 Å². The first-order chi connectivity index (χ1) is 15.9. The number of amides is 1. The summed E-state index contributed by atoms with van der Waals surface area (Å²) in [5, 5.41) is 4.14. The molecule has 1 aliphatic rings. The number of ether oxygens (including phenoxy) is 2. The number of rotatable bonds is 7. The first-order valence-electron chi connectivity index (χ1n) is 10.8. The quantitative estimate of drug-likeness (QED) is 0.487. The Kier molecular flexibility index (Phi) is 7.16. The molecule has 1 fully saturated rings. The Hall–Kier alpha value is -2.69. The lowest BCUT2D eigenvalue weighted by Crippen LogP contribution is -2.55. The number of aromatic nitrogens is 3. The van der Waals surface area contributed by atoms with Gasteiger partial charge in [0, 0.05) is 20.2 Å². The number of H-pyrrole nitrogens is 1. The number of piperidine rings is 1. The van der Waals surface area contributed by atoms with Crippen molar-refractivity contribution in [2.75, 3.05) is 31.7 Å². The fourth-order valence-electron chi connectivity index (χ4n) is 3.90. The second kappa shape index (κ2) is 10.1. The average molecular weight is 492 g/mol. The first-order valence-corrected chi connectivity index (χ1v) is 12.0. The highest BCUT2D eigenvalue weighted by molar-refractivity contribution is 7.22. The molecule has 2 unspecified atom stereocenters. The minimum Gasteiger partial charge on any atom is -0.462 e. The van der Waals surface area contributed by atoms with Crippen LogP contribution in [0.5, 0.6) is 0 Å². The van der Waals surface area contributed by atoms with Gasteiger partial charge in [0.05, 0.1) is 40.2 Å². The van der Waals surface area contributed by atoms with Gasteiger partial charge in [-0.05, 0) is 31.9 Å². The van der Waals surface area contributed by atoms with E-state index in [0.29, 0.717) is 43.3 Å². The van der Waals surface area contributed by atoms with Crippen LogP contribution in [0.4, 0.5) is 5.13 Å². The summed E-state index contributed by atoms with van der Waals surface area (Å²) in [6.07, 6.45) is 1.09. The van der Waals surface area contributed by atoms with E-state index in [4.69, 9.17) is 26.1 Å². The topological polar surface area (TPSA) is 109 Å². The maximum Gasteiger partial charge on any atom is 0.339 e. The molecule has 9 nitrogen and oxygen atoms in total. The van der Waals surface area contributed by atoms with Crippen LogP contribution in [-0.2, 0) is 15.9 Å². The number of hydrogen-bond acceptors (Lipinski definition) is 8. The van der Waals surface area contributed by atoms with Crippen LogP contribution in [0.1, 0.15) is 46.9 Å². The number of halogens is 1. The fourth-order valence-corrected chi connectivity index (χ4v) is 5.27. The number of aryl methyl sites for hydroxylation is 1. The van der Waals surface area contributed by atoms with Gasteiger partial charge in [0.1, 0.15) is 0 Å². The number of carbonyl (C=O) groups is 2. The molecule has 2 N–H and O–H groups in total. The number of methoxy groups -OCH3 is 1. The van der Waals surface area contributed by atoms with E-state index in [0.717, 1.165) is 21.0 Å². The molecule has 33 heavy (non-hydrogen) atoms. The number of esters is 1. The molecule has 0 saturated carbocycles. The van der Waals surface area contributed by atoms with Crippen LogP contribution < -0.4 is 10.2 Å². The summed E-state index contributed by atoms with van der Waals surface area (Å²) in [5.41, 5.74) is 2.01. The molecule has 1 aromatic carbocycles. The molecule has 0 bridgehead atoms. The molecule has 1 aliphatic heterocycles. The molecule has 0 spiro atoms. The molecular weight excluding hydrogens is 466 g/mol. The monoisotopic (exact) mass is 491 g/mol. The van der Waals surface area contributed by atoms with Crippen LogP contribution in [0.3, 0.4) is 0 Å². The third-order valence-corrected chi connectivity index (χ3v) is 7.12. The van der Waals surface area contributed by atoms with Crippen LogP contribution in [0.2, 0.25) is 5.15 Å². The van der Waals surface area contributed by atoms with Gasteiger partial charge in [0.15, 0.2) is 16.1 Å². The Labute approximate surface area is 200 Å². The van der Waals surface area contributed by atoms with Crippen molar-refractivity contribution >= 4 is 50.2 Å². The summed E-state index contributed by atoms with van der Waals surface area (Å²) in [6.45, 7) is 5.27. The number of fused-ring (bicyclic) bond motifs is 1. The molecule has 176 valence electrons. The third-order valence-electron chi connectivity index (χ3n) is 5.64. The van der Waals surface area contributed by atoms with E-state index in [2.05, 4.69) is 20.2 Å².